The van der Waals surface area contributed by atoms with Crippen LogP contribution in [0.25, 0.3) is 0 Å². The van der Waals surface area contributed by atoms with Gasteiger partial charge in [0.15, 0.2) is 5.96 Å². The summed E-state index contributed by atoms with van der Waals surface area (Å²) >= 11 is 0. The lowest BCUT2D eigenvalue weighted by molar-refractivity contribution is 0.179. The Morgan fingerprint density at radius 2 is 2.20 bits per heavy atom. The normalized spacial score (nSPS) is 12.9. The van der Waals surface area contributed by atoms with Gasteiger partial charge in [0.05, 0.1) is 26.0 Å². The van der Waals surface area contributed by atoms with Crippen molar-refractivity contribution in [2.24, 2.45) is 4.99 Å². The van der Waals surface area contributed by atoms with E-state index in [1.165, 1.54) is 0 Å². The number of hydrogen-bond donors (Lipinski definition) is 2. The number of aliphatic imine (C=N–C) groups is 1. The maximum absolute atomic E-state index is 5.10. The highest BCUT2D eigenvalue weighted by Gasteiger charge is 2.04. The molecule has 0 radical (unpaired) electrons. The Kier molecular flexibility index (Phi) is 7.42. The van der Waals surface area contributed by atoms with Crippen LogP contribution in [0.5, 0.6) is 5.88 Å². The average Bonchev–Trinajstić information content (AvgIpc) is 2.45. The minimum Gasteiger partial charge on any atom is -0.481 e. The molecule has 0 saturated carbocycles. The van der Waals surface area contributed by atoms with Gasteiger partial charge in [0.1, 0.15) is 0 Å². The van der Waals surface area contributed by atoms with E-state index in [9.17, 15) is 0 Å². The molecular formula is C14H24N4O2. The zero-order valence-electron chi connectivity index (χ0n) is 12.6. The molecule has 1 aromatic heterocycles. The van der Waals surface area contributed by atoms with E-state index in [0.29, 0.717) is 19.0 Å². The highest BCUT2D eigenvalue weighted by molar-refractivity contribution is 5.80. The molecule has 0 saturated heterocycles. The molecule has 0 amide bonds. The first-order valence-electron chi connectivity index (χ1n) is 6.73. The topological polar surface area (TPSA) is 67.8 Å². The second-order valence-corrected chi connectivity index (χ2v) is 4.37. The first-order chi connectivity index (χ1) is 9.69. The average molecular weight is 280 g/mol. The molecule has 0 bridgehead atoms. The van der Waals surface area contributed by atoms with E-state index in [0.717, 1.165) is 18.2 Å². The van der Waals surface area contributed by atoms with Crippen LogP contribution in [0.15, 0.2) is 23.2 Å². The van der Waals surface area contributed by atoms with Gasteiger partial charge in [-0.2, -0.15) is 0 Å². The fourth-order valence-corrected chi connectivity index (χ4v) is 1.66. The van der Waals surface area contributed by atoms with Crippen molar-refractivity contribution in [3.8, 4) is 5.88 Å². The number of hydrogen-bond acceptors (Lipinski definition) is 4. The van der Waals surface area contributed by atoms with Gasteiger partial charge >= 0.3 is 0 Å². The molecule has 1 aromatic rings. The fourth-order valence-electron chi connectivity index (χ4n) is 1.66. The molecule has 0 spiro atoms. The number of nitrogens with one attached hydrogen (secondary N) is 2. The smallest absolute Gasteiger partial charge is 0.213 e. The second-order valence-electron chi connectivity index (χ2n) is 4.37. The van der Waals surface area contributed by atoms with E-state index in [-0.39, 0.29) is 6.04 Å². The minimum atomic E-state index is 0.191. The molecule has 1 heterocycles. The molecule has 1 atom stereocenters. The quantitative estimate of drug-likeness (QED) is 0.580. The van der Waals surface area contributed by atoms with Crippen LogP contribution in [0.1, 0.15) is 19.5 Å². The van der Waals surface area contributed by atoms with Crippen LogP contribution in [0.4, 0.5) is 0 Å². The van der Waals surface area contributed by atoms with Crippen LogP contribution in [0.2, 0.25) is 0 Å². The summed E-state index contributed by atoms with van der Waals surface area (Å²) in [7, 11) is 3.29. The number of nitrogens with zero attached hydrogens (tertiary/aromatic N) is 2. The number of aromatic nitrogens is 1. The van der Waals surface area contributed by atoms with Crippen molar-refractivity contribution in [2.45, 2.75) is 26.4 Å². The summed E-state index contributed by atoms with van der Waals surface area (Å²) in [6.07, 6.45) is 0. The van der Waals surface area contributed by atoms with E-state index < -0.39 is 0 Å². The highest BCUT2D eigenvalue weighted by atomic mass is 16.5. The molecule has 0 fully saturated rings. The van der Waals surface area contributed by atoms with Gasteiger partial charge in [-0.25, -0.2) is 9.98 Å². The summed E-state index contributed by atoms with van der Waals surface area (Å²) in [6, 6.07) is 5.84. The van der Waals surface area contributed by atoms with Crippen LogP contribution in [-0.2, 0) is 11.3 Å². The lowest BCUT2D eigenvalue weighted by Crippen LogP contribution is -2.43. The monoisotopic (exact) mass is 280 g/mol. The first kappa shape index (κ1) is 16.2. The molecule has 1 rings (SSSR count). The maximum Gasteiger partial charge on any atom is 0.213 e. The van der Waals surface area contributed by atoms with E-state index in [4.69, 9.17) is 9.47 Å². The van der Waals surface area contributed by atoms with E-state index in [1.54, 1.807) is 14.2 Å². The number of methoxy groups -OCH3 is 2. The van der Waals surface area contributed by atoms with Gasteiger partial charge in [0, 0.05) is 25.8 Å². The molecule has 20 heavy (non-hydrogen) atoms. The summed E-state index contributed by atoms with van der Waals surface area (Å²) in [5, 5.41) is 6.47. The number of guanidine groups is 1. The number of pyridine rings is 1. The third-order valence-electron chi connectivity index (χ3n) is 2.53. The lowest BCUT2D eigenvalue weighted by atomic mass is 10.3. The summed E-state index contributed by atoms with van der Waals surface area (Å²) in [4.78, 5) is 8.83. The van der Waals surface area contributed by atoms with Gasteiger partial charge in [-0.3, -0.25) is 0 Å². The third kappa shape index (κ3) is 5.88. The van der Waals surface area contributed by atoms with Gasteiger partial charge in [-0.05, 0) is 19.9 Å². The van der Waals surface area contributed by atoms with E-state index in [2.05, 4.69) is 20.6 Å². The van der Waals surface area contributed by atoms with Crippen molar-refractivity contribution in [3.05, 3.63) is 23.9 Å². The van der Waals surface area contributed by atoms with Crippen LogP contribution < -0.4 is 15.4 Å². The summed E-state index contributed by atoms with van der Waals surface area (Å²) in [5.74, 6) is 1.35. The van der Waals surface area contributed by atoms with Crippen molar-refractivity contribution < 1.29 is 9.47 Å². The Morgan fingerprint density at radius 1 is 1.40 bits per heavy atom. The van der Waals surface area contributed by atoms with Gasteiger partial charge in [-0.15, -0.1) is 0 Å². The Hall–Kier alpha value is -1.82. The highest BCUT2D eigenvalue weighted by Crippen LogP contribution is 2.07. The molecule has 6 heteroatoms. The summed E-state index contributed by atoms with van der Waals surface area (Å²) < 4.78 is 10.2. The van der Waals surface area contributed by atoms with E-state index >= 15 is 0 Å². The van der Waals surface area contributed by atoms with Crippen molar-refractivity contribution in [1.82, 2.24) is 15.6 Å². The van der Waals surface area contributed by atoms with Crippen LogP contribution >= 0.6 is 0 Å². The van der Waals surface area contributed by atoms with Crippen LogP contribution in [-0.4, -0.2) is 44.4 Å². The molecule has 0 aromatic carbocycles. The standard InChI is InChI=1S/C14H24N4O2/c1-5-15-14(17-11(2)10-19-3)16-9-12-7-6-8-13(18-12)20-4/h6-8,11H,5,9-10H2,1-4H3,(H2,15,16,17). The van der Waals surface area contributed by atoms with Crippen LogP contribution in [0.3, 0.4) is 0 Å². The van der Waals surface area contributed by atoms with Gasteiger partial charge < -0.3 is 20.1 Å². The Balaban J connectivity index is 2.65. The molecule has 2 N–H and O–H groups in total. The molecular weight excluding hydrogens is 256 g/mol. The molecule has 0 aliphatic heterocycles. The van der Waals surface area contributed by atoms with Crippen LogP contribution in [0, 0.1) is 0 Å². The third-order valence-corrected chi connectivity index (χ3v) is 2.53. The lowest BCUT2D eigenvalue weighted by Gasteiger charge is -2.16. The van der Waals surface area contributed by atoms with Gasteiger partial charge in [0.25, 0.3) is 0 Å². The summed E-state index contributed by atoms with van der Waals surface area (Å²) in [6.45, 7) is 5.99. The predicted molar refractivity (Wildman–Crippen MR) is 80.1 cm³/mol. The van der Waals surface area contributed by atoms with Crippen molar-refractivity contribution in [2.75, 3.05) is 27.4 Å². The van der Waals surface area contributed by atoms with Crippen molar-refractivity contribution in [1.29, 1.82) is 0 Å². The molecule has 112 valence electrons. The zero-order chi connectivity index (χ0) is 14.8. The number of rotatable bonds is 7. The molecule has 6 nitrogen and oxygen atoms in total. The van der Waals surface area contributed by atoms with Crippen molar-refractivity contribution >= 4 is 5.96 Å². The molecule has 0 aliphatic rings. The largest absolute Gasteiger partial charge is 0.481 e. The predicted octanol–water partition coefficient (Wildman–Crippen LogP) is 1.18. The van der Waals surface area contributed by atoms with E-state index in [1.807, 2.05) is 32.0 Å². The fraction of sp³-hybridized carbons (Fsp3) is 0.571. The first-order valence-corrected chi connectivity index (χ1v) is 6.73. The maximum atomic E-state index is 5.10. The van der Waals surface area contributed by atoms with Gasteiger partial charge in [0.2, 0.25) is 5.88 Å². The number of ether oxygens (including phenoxy) is 2. The molecule has 0 aliphatic carbocycles. The Labute approximate surface area is 120 Å². The summed E-state index contributed by atoms with van der Waals surface area (Å²) in [5.41, 5.74) is 0.862. The Bertz CT molecular complexity index is 423. The van der Waals surface area contributed by atoms with Crippen molar-refractivity contribution in [3.63, 3.8) is 0 Å². The minimum absolute atomic E-state index is 0.191. The zero-order valence-corrected chi connectivity index (χ0v) is 12.6. The Morgan fingerprint density at radius 3 is 2.85 bits per heavy atom. The van der Waals surface area contributed by atoms with Gasteiger partial charge in [-0.1, -0.05) is 6.07 Å². The SMILES string of the molecule is CCNC(=NCc1cccc(OC)n1)NC(C)COC. The second kappa shape index (κ2) is 9.14. The molecule has 1 unspecified atom stereocenters.